The lowest BCUT2D eigenvalue weighted by molar-refractivity contribution is 0.389. The second-order valence-electron chi connectivity index (χ2n) is 3.76. The Kier molecular flexibility index (Phi) is 3.89. The van der Waals surface area contributed by atoms with Gasteiger partial charge in [0.25, 0.3) is 0 Å². The summed E-state index contributed by atoms with van der Waals surface area (Å²) in [5.74, 6) is -1.93. The van der Waals surface area contributed by atoms with Crippen LogP contribution in [0.25, 0.3) is 0 Å². The number of halogens is 2. The number of benzene rings is 2. The monoisotopic (exact) mass is 300 g/mol. The first-order chi connectivity index (χ1) is 9.44. The molecule has 2 rings (SSSR count). The van der Waals surface area contributed by atoms with Gasteiger partial charge in [-0.2, -0.15) is 8.42 Å². The summed E-state index contributed by atoms with van der Waals surface area (Å²) in [7, 11) is -3.16. The first-order valence-corrected chi connectivity index (χ1v) is 6.87. The topological polar surface area (TPSA) is 52.6 Å². The van der Waals surface area contributed by atoms with Crippen molar-refractivity contribution in [3.05, 3.63) is 54.1 Å². The zero-order valence-corrected chi connectivity index (χ0v) is 11.2. The highest BCUT2D eigenvalue weighted by atomic mass is 32.2. The van der Waals surface area contributed by atoms with Gasteiger partial charge in [0, 0.05) is 0 Å². The first kappa shape index (κ1) is 14.3. The summed E-state index contributed by atoms with van der Waals surface area (Å²) in [5.41, 5.74) is 0. The molecule has 0 saturated carbocycles. The van der Waals surface area contributed by atoms with Crippen LogP contribution in [0, 0.1) is 11.6 Å². The predicted octanol–water partition coefficient (Wildman–Crippen LogP) is 2.74. The van der Waals surface area contributed by atoms with Crippen LogP contribution in [0.5, 0.6) is 11.5 Å². The van der Waals surface area contributed by atoms with Crippen molar-refractivity contribution in [2.24, 2.45) is 0 Å². The Morgan fingerprint density at radius 1 is 1.00 bits per heavy atom. The van der Waals surface area contributed by atoms with Gasteiger partial charge in [-0.05, 0) is 30.3 Å². The van der Waals surface area contributed by atoms with Crippen LogP contribution in [0.4, 0.5) is 8.78 Å². The minimum atomic E-state index is -4.49. The maximum atomic E-state index is 13.5. The van der Waals surface area contributed by atoms with Crippen LogP contribution in [-0.4, -0.2) is 15.5 Å². The molecule has 0 aliphatic heterocycles. The molecule has 0 N–H and O–H groups in total. The molecule has 0 heterocycles. The zero-order chi connectivity index (χ0) is 14.8. The zero-order valence-electron chi connectivity index (χ0n) is 10.3. The van der Waals surface area contributed by atoms with E-state index in [0.717, 1.165) is 6.07 Å². The highest BCUT2D eigenvalue weighted by molar-refractivity contribution is 7.87. The Bertz CT molecular complexity index is 729. The fraction of sp³-hybridized carbons (Fsp3) is 0.0769. The second kappa shape index (κ2) is 5.46. The third-order valence-electron chi connectivity index (χ3n) is 2.43. The molecule has 7 heteroatoms. The maximum absolute atomic E-state index is 13.5. The van der Waals surface area contributed by atoms with Crippen LogP contribution < -0.4 is 8.92 Å². The Morgan fingerprint density at radius 3 is 2.30 bits per heavy atom. The normalized spacial score (nSPS) is 11.2. The van der Waals surface area contributed by atoms with Crippen molar-refractivity contribution in [2.75, 3.05) is 7.11 Å². The molecule has 0 bridgehead atoms. The first-order valence-electron chi connectivity index (χ1n) is 5.46. The van der Waals surface area contributed by atoms with Crippen LogP contribution in [-0.2, 0) is 10.1 Å². The van der Waals surface area contributed by atoms with E-state index in [2.05, 4.69) is 0 Å². The summed E-state index contributed by atoms with van der Waals surface area (Å²) < 4.78 is 60.2. The molecule has 0 saturated heterocycles. The van der Waals surface area contributed by atoms with Gasteiger partial charge in [-0.3, -0.25) is 0 Å². The van der Waals surface area contributed by atoms with Gasteiger partial charge in [0.2, 0.25) is 0 Å². The largest absolute Gasteiger partial charge is 0.493 e. The minimum Gasteiger partial charge on any atom is -0.493 e. The fourth-order valence-corrected chi connectivity index (χ4v) is 2.55. The van der Waals surface area contributed by atoms with Gasteiger partial charge in [0.1, 0.15) is 16.5 Å². The highest BCUT2D eigenvalue weighted by Crippen LogP contribution is 2.29. The van der Waals surface area contributed by atoms with Crippen molar-refractivity contribution < 1.29 is 26.1 Å². The van der Waals surface area contributed by atoms with Gasteiger partial charge < -0.3 is 8.92 Å². The van der Waals surface area contributed by atoms with Gasteiger partial charge in [-0.1, -0.05) is 12.1 Å². The van der Waals surface area contributed by atoms with E-state index < -0.39 is 26.6 Å². The molecule has 0 amide bonds. The SMILES string of the molecule is COc1ccccc1OS(=O)(=O)c1cc(F)ccc1F. The number of para-hydroxylation sites is 2. The van der Waals surface area contributed by atoms with Crippen molar-refractivity contribution >= 4 is 10.1 Å². The summed E-state index contributed by atoms with van der Waals surface area (Å²) in [6, 6.07) is 8.04. The molecule has 0 atom stereocenters. The molecule has 0 spiro atoms. The van der Waals surface area contributed by atoms with Crippen molar-refractivity contribution in [3.63, 3.8) is 0 Å². The van der Waals surface area contributed by atoms with Crippen LogP contribution in [0.1, 0.15) is 0 Å². The van der Waals surface area contributed by atoms with Crippen LogP contribution in [0.2, 0.25) is 0 Å². The van der Waals surface area contributed by atoms with Gasteiger partial charge >= 0.3 is 10.1 Å². The summed E-state index contributed by atoms with van der Waals surface area (Å²) in [5, 5.41) is 0. The molecule has 0 aliphatic carbocycles. The van der Waals surface area contributed by atoms with Gasteiger partial charge in [-0.25, -0.2) is 8.78 Å². The van der Waals surface area contributed by atoms with Crippen molar-refractivity contribution in [3.8, 4) is 11.5 Å². The van der Waals surface area contributed by atoms with Crippen LogP contribution in [0.15, 0.2) is 47.4 Å². The molecule has 0 fully saturated rings. The summed E-state index contributed by atoms with van der Waals surface area (Å²) >= 11 is 0. The highest BCUT2D eigenvalue weighted by Gasteiger charge is 2.23. The Labute approximate surface area is 114 Å². The van der Waals surface area contributed by atoms with Crippen molar-refractivity contribution in [2.45, 2.75) is 4.90 Å². The average molecular weight is 300 g/mol. The third kappa shape index (κ3) is 2.88. The second-order valence-corrected chi connectivity index (χ2v) is 5.28. The summed E-state index contributed by atoms with van der Waals surface area (Å²) in [4.78, 5) is -0.872. The van der Waals surface area contributed by atoms with Gasteiger partial charge in [-0.15, -0.1) is 0 Å². The molecular weight excluding hydrogens is 290 g/mol. The number of hydrogen-bond donors (Lipinski definition) is 0. The number of ether oxygens (including phenoxy) is 1. The van der Waals surface area contributed by atoms with E-state index in [4.69, 9.17) is 8.92 Å². The fourth-order valence-electron chi connectivity index (χ4n) is 1.52. The molecule has 0 unspecified atom stereocenters. The number of hydrogen-bond acceptors (Lipinski definition) is 4. The van der Waals surface area contributed by atoms with E-state index in [0.29, 0.717) is 12.1 Å². The van der Waals surface area contributed by atoms with E-state index in [-0.39, 0.29) is 11.5 Å². The molecule has 2 aromatic rings. The van der Waals surface area contributed by atoms with Crippen molar-refractivity contribution in [1.82, 2.24) is 0 Å². The quantitative estimate of drug-likeness (QED) is 0.815. The van der Waals surface area contributed by atoms with E-state index in [1.807, 2.05) is 0 Å². The average Bonchev–Trinajstić information content (AvgIpc) is 2.41. The van der Waals surface area contributed by atoms with E-state index in [9.17, 15) is 17.2 Å². The lowest BCUT2D eigenvalue weighted by atomic mass is 10.3. The summed E-state index contributed by atoms with van der Waals surface area (Å²) in [6.45, 7) is 0. The van der Waals surface area contributed by atoms with Crippen LogP contribution in [0.3, 0.4) is 0 Å². The molecule has 2 aromatic carbocycles. The molecule has 0 aliphatic rings. The van der Waals surface area contributed by atoms with Gasteiger partial charge in [0.05, 0.1) is 7.11 Å². The Morgan fingerprint density at radius 2 is 1.65 bits per heavy atom. The molecule has 0 aromatic heterocycles. The predicted molar refractivity (Wildman–Crippen MR) is 67.2 cm³/mol. The Hall–Kier alpha value is -2.15. The van der Waals surface area contributed by atoms with Gasteiger partial charge in [0.15, 0.2) is 11.5 Å². The maximum Gasteiger partial charge on any atom is 0.342 e. The lowest BCUT2D eigenvalue weighted by Crippen LogP contribution is -2.12. The van der Waals surface area contributed by atoms with E-state index in [1.54, 1.807) is 6.07 Å². The Balaban J connectivity index is 2.43. The molecular formula is C13H10F2O4S. The lowest BCUT2D eigenvalue weighted by Gasteiger charge is -2.10. The van der Waals surface area contributed by atoms with E-state index in [1.165, 1.54) is 25.3 Å². The third-order valence-corrected chi connectivity index (χ3v) is 3.68. The number of rotatable bonds is 4. The van der Waals surface area contributed by atoms with E-state index >= 15 is 0 Å². The minimum absolute atomic E-state index is 0.112. The van der Waals surface area contributed by atoms with Crippen molar-refractivity contribution in [1.29, 1.82) is 0 Å². The number of methoxy groups -OCH3 is 1. The summed E-state index contributed by atoms with van der Waals surface area (Å²) in [6.07, 6.45) is 0. The smallest absolute Gasteiger partial charge is 0.342 e. The van der Waals surface area contributed by atoms with Crippen LogP contribution >= 0.6 is 0 Å². The standard InChI is InChI=1S/C13H10F2O4S/c1-18-11-4-2-3-5-12(11)19-20(16,17)13-8-9(14)6-7-10(13)15/h2-8H,1H3. The molecule has 4 nitrogen and oxygen atoms in total. The molecule has 20 heavy (non-hydrogen) atoms. The molecule has 0 radical (unpaired) electrons. The molecule has 106 valence electrons.